The van der Waals surface area contributed by atoms with Crippen LogP contribution in [-0.4, -0.2) is 45.1 Å². The normalized spacial score (nSPS) is 24.2. The summed E-state index contributed by atoms with van der Waals surface area (Å²) in [7, 11) is 0. The largest absolute Gasteiger partial charge is 0.303 e. The lowest BCUT2D eigenvalue weighted by Crippen LogP contribution is -2.31. The maximum Gasteiger partial charge on any atom is 0.239 e. The third-order valence-corrected chi connectivity index (χ3v) is 3.91. The molecule has 0 spiro atoms. The van der Waals surface area contributed by atoms with Gasteiger partial charge in [-0.2, -0.15) is 0 Å². The van der Waals surface area contributed by atoms with Crippen LogP contribution in [0.15, 0.2) is 22.4 Å². The van der Waals surface area contributed by atoms with Crippen molar-refractivity contribution in [2.24, 2.45) is 10.2 Å². The number of nitrogens with one attached hydrogen (secondary N) is 1. The van der Waals surface area contributed by atoms with Crippen molar-refractivity contribution in [2.45, 2.75) is 6.92 Å². The van der Waals surface area contributed by atoms with E-state index in [9.17, 15) is 9.59 Å². The van der Waals surface area contributed by atoms with Crippen LogP contribution in [0.5, 0.6) is 0 Å². The standard InChI is InChI=1S/C10H12N4O2S2/c1-6(2)3-14-8(16)5-18-10(14)13-12-9-11-7(15)4-17-9/h1,3-5H2,2H3,(H,11,12,15). The van der Waals surface area contributed by atoms with Gasteiger partial charge in [0.25, 0.3) is 0 Å². The Hall–Kier alpha value is -1.28. The number of amides is 2. The molecule has 2 amide bonds. The zero-order valence-electron chi connectivity index (χ0n) is 9.80. The van der Waals surface area contributed by atoms with Crippen LogP contribution < -0.4 is 5.32 Å². The van der Waals surface area contributed by atoms with Gasteiger partial charge in [0.2, 0.25) is 11.8 Å². The van der Waals surface area contributed by atoms with Crippen molar-refractivity contribution in [3.8, 4) is 0 Å². The van der Waals surface area contributed by atoms with E-state index in [1.807, 2.05) is 6.92 Å². The minimum atomic E-state index is -0.0760. The van der Waals surface area contributed by atoms with E-state index in [-0.39, 0.29) is 11.8 Å². The van der Waals surface area contributed by atoms with Crippen LogP contribution in [0.1, 0.15) is 6.92 Å². The van der Waals surface area contributed by atoms with Gasteiger partial charge in [0, 0.05) is 6.54 Å². The number of amidine groups is 2. The third-order valence-electron chi connectivity index (χ3n) is 2.10. The number of nitrogens with zero attached hydrogens (tertiary/aromatic N) is 3. The van der Waals surface area contributed by atoms with E-state index >= 15 is 0 Å². The minimum Gasteiger partial charge on any atom is -0.303 e. The minimum absolute atomic E-state index is 0.00469. The van der Waals surface area contributed by atoms with E-state index in [1.54, 1.807) is 4.90 Å². The van der Waals surface area contributed by atoms with Gasteiger partial charge in [0.15, 0.2) is 10.3 Å². The molecule has 18 heavy (non-hydrogen) atoms. The van der Waals surface area contributed by atoms with Crippen LogP contribution in [-0.2, 0) is 9.59 Å². The average molecular weight is 284 g/mol. The van der Waals surface area contributed by atoms with Crippen molar-refractivity contribution in [1.29, 1.82) is 0 Å². The van der Waals surface area contributed by atoms with Gasteiger partial charge < -0.3 is 5.32 Å². The number of carbonyl (C=O) groups is 2. The second kappa shape index (κ2) is 5.57. The Morgan fingerprint density at radius 3 is 2.78 bits per heavy atom. The van der Waals surface area contributed by atoms with Crippen molar-refractivity contribution < 1.29 is 9.59 Å². The fourth-order valence-electron chi connectivity index (χ4n) is 1.36. The van der Waals surface area contributed by atoms with Crippen molar-refractivity contribution >= 4 is 45.7 Å². The summed E-state index contributed by atoms with van der Waals surface area (Å²) in [4.78, 5) is 24.2. The molecule has 2 fully saturated rings. The number of hydrogen-bond donors (Lipinski definition) is 1. The Bertz CT molecular complexity index is 472. The van der Waals surface area contributed by atoms with Crippen molar-refractivity contribution in [3.63, 3.8) is 0 Å². The fourth-order valence-corrected chi connectivity index (χ4v) is 2.82. The van der Waals surface area contributed by atoms with E-state index in [1.165, 1.54) is 23.5 Å². The molecular formula is C10H12N4O2S2. The summed E-state index contributed by atoms with van der Waals surface area (Å²) in [5.74, 6) is 0.666. The molecule has 8 heteroatoms. The SMILES string of the molecule is C=C(C)CN1C(=O)CSC1=NN=C1NC(=O)CS1. The highest BCUT2D eigenvalue weighted by molar-refractivity contribution is 8.15. The van der Waals surface area contributed by atoms with Crippen molar-refractivity contribution in [3.05, 3.63) is 12.2 Å². The first kappa shape index (κ1) is 13.2. The molecule has 0 aromatic rings. The molecule has 0 unspecified atom stereocenters. The van der Waals surface area contributed by atoms with Gasteiger partial charge in [-0.05, 0) is 6.92 Å². The summed E-state index contributed by atoms with van der Waals surface area (Å²) >= 11 is 2.64. The molecule has 0 saturated carbocycles. The second-order valence-electron chi connectivity index (χ2n) is 3.85. The van der Waals surface area contributed by atoms with E-state index < -0.39 is 0 Å². The lowest BCUT2D eigenvalue weighted by atomic mass is 10.3. The van der Waals surface area contributed by atoms with Gasteiger partial charge in [0.05, 0.1) is 11.5 Å². The Morgan fingerprint density at radius 2 is 2.17 bits per heavy atom. The molecule has 0 bridgehead atoms. The van der Waals surface area contributed by atoms with Crippen LogP contribution >= 0.6 is 23.5 Å². The summed E-state index contributed by atoms with van der Waals surface area (Å²) in [6, 6.07) is 0. The molecule has 1 N–H and O–H groups in total. The van der Waals surface area contributed by atoms with Crippen LogP contribution in [0.4, 0.5) is 0 Å². The molecule has 2 aliphatic heterocycles. The lowest BCUT2D eigenvalue weighted by molar-refractivity contribution is -0.123. The zero-order valence-corrected chi connectivity index (χ0v) is 11.4. The molecule has 0 aliphatic carbocycles. The van der Waals surface area contributed by atoms with Gasteiger partial charge in [-0.25, -0.2) is 0 Å². The van der Waals surface area contributed by atoms with Crippen molar-refractivity contribution in [2.75, 3.05) is 18.1 Å². The van der Waals surface area contributed by atoms with Crippen LogP contribution in [0.2, 0.25) is 0 Å². The highest BCUT2D eigenvalue weighted by atomic mass is 32.2. The third kappa shape index (κ3) is 3.14. The van der Waals surface area contributed by atoms with E-state index in [0.29, 0.717) is 28.4 Å². The quantitative estimate of drug-likeness (QED) is 0.609. The summed E-state index contributed by atoms with van der Waals surface area (Å²) < 4.78 is 0. The predicted molar refractivity (Wildman–Crippen MR) is 74.5 cm³/mol. The molecular weight excluding hydrogens is 272 g/mol. The number of thioether (sulfide) groups is 2. The highest BCUT2D eigenvalue weighted by Crippen LogP contribution is 2.21. The topological polar surface area (TPSA) is 74.1 Å². The number of carbonyl (C=O) groups excluding carboxylic acids is 2. The molecule has 2 saturated heterocycles. The van der Waals surface area contributed by atoms with Crippen LogP contribution in [0.25, 0.3) is 0 Å². The molecule has 0 aromatic carbocycles. The second-order valence-corrected chi connectivity index (χ2v) is 5.76. The fraction of sp³-hybridized carbons (Fsp3) is 0.400. The van der Waals surface area contributed by atoms with E-state index in [4.69, 9.17) is 0 Å². The first-order valence-electron chi connectivity index (χ1n) is 5.22. The molecule has 2 heterocycles. The Balaban J connectivity index is 2.09. The predicted octanol–water partition coefficient (Wildman–Crippen LogP) is 0.628. The monoisotopic (exact) mass is 284 g/mol. The summed E-state index contributed by atoms with van der Waals surface area (Å²) in [6.45, 7) is 6.09. The molecule has 0 radical (unpaired) electrons. The first-order chi connectivity index (χ1) is 8.56. The summed E-state index contributed by atoms with van der Waals surface area (Å²) in [5.41, 5.74) is 0.884. The average Bonchev–Trinajstić information content (AvgIpc) is 2.85. The molecule has 0 aromatic heterocycles. The van der Waals surface area contributed by atoms with Gasteiger partial charge in [-0.1, -0.05) is 35.7 Å². The first-order valence-corrected chi connectivity index (χ1v) is 7.19. The van der Waals surface area contributed by atoms with Gasteiger partial charge >= 0.3 is 0 Å². The Labute approximate surface area is 113 Å². The molecule has 2 rings (SSSR count). The zero-order chi connectivity index (χ0) is 13.1. The molecule has 6 nitrogen and oxygen atoms in total. The maximum absolute atomic E-state index is 11.6. The van der Waals surface area contributed by atoms with Crippen molar-refractivity contribution in [1.82, 2.24) is 10.2 Å². The summed E-state index contributed by atoms with van der Waals surface area (Å²) in [6.07, 6.45) is 0. The molecule has 96 valence electrons. The number of hydrogen-bond acceptors (Lipinski definition) is 6. The molecule has 2 aliphatic rings. The van der Waals surface area contributed by atoms with Crippen LogP contribution in [0.3, 0.4) is 0 Å². The summed E-state index contributed by atoms with van der Waals surface area (Å²) in [5, 5.41) is 11.6. The van der Waals surface area contributed by atoms with E-state index in [0.717, 1.165) is 5.57 Å². The smallest absolute Gasteiger partial charge is 0.239 e. The number of rotatable bonds is 3. The Morgan fingerprint density at radius 1 is 1.39 bits per heavy atom. The highest BCUT2D eigenvalue weighted by Gasteiger charge is 2.28. The van der Waals surface area contributed by atoms with Gasteiger partial charge in [-0.15, -0.1) is 10.2 Å². The Kier molecular flexibility index (Phi) is 4.07. The van der Waals surface area contributed by atoms with Gasteiger partial charge in [-0.3, -0.25) is 14.5 Å². The molecule has 0 atom stereocenters. The lowest BCUT2D eigenvalue weighted by Gasteiger charge is -2.14. The van der Waals surface area contributed by atoms with E-state index in [2.05, 4.69) is 22.1 Å². The maximum atomic E-state index is 11.6. The van der Waals surface area contributed by atoms with Gasteiger partial charge in [0.1, 0.15) is 0 Å². The van der Waals surface area contributed by atoms with Crippen LogP contribution in [0, 0.1) is 0 Å².